The van der Waals surface area contributed by atoms with Gasteiger partial charge in [0.25, 0.3) is 5.91 Å². The lowest BCUT2D eigenvalue weighted by molar-refractivity contribution is 0.0794. The van der Waals surface area contributed by atoms with E-state index in [1.54, 1.807) is 6.92 Å². The SMILES string of the molecule is CCOc1c(Cl)cc(C(=O)N(CC#N)CC#N)cc1OC. The molecule has 0 fully saturated rings. The zero-order valence-corrected chi connectivity index (χ0v) is 12.5. The summed E-state index contributed by atoms with van der Waals surface area (Å²) in [6.07, 6.45) is 0. The van der Waals surface area contributed by atoms with Crippen LogP contribution in [0.1, 0.15) is 17.3 Å². The van der Waals surface area contributed by atoms with Crippen molar-refractivity contribution in [2.45, 2.75) is 6.92 Å². The van der Waals surface area contributed by atoms with Crippen molar-refractivity contribution in [1.29, 1.82) is 10.5 Å². The van der Waals surface area contributed by atoms with Gasteiger partial charge in [0, 0.05) is 5.56 Å². The van der Waals surface area contributed by atoms with Crippen LogP contribution in [-0.4, -0.2) is 37.6 Å². The molecule has 6 nitrogen and oxygen atoms in total. The maximum atomic E-state index is 12.3. The van der Waals surface area contributed by atoms with E-state index in [1.807, 2.05) is 12.1 Å². The smallest absolute Gasteiger partial charge is 0.255 e. The standard InChI is InChI=1S/C14H14ClN3O3/c1-3-21-13-11(15)8-10(9-12(13)20-2)14(19)18(6-4-16)7-5-17/h8-9H,3,6-7H2,1-2H3. The Balaban J connectivity index is 3.19. The van der Waals surface area contributed by atoms with Crippen LogP contribution in [0.4, 0.5) is 0 Å². The van der Waals surface area contributed by atoms with Crippen molar-refractivity contribution < 1.29 is 14.3 Å². The molecular formula is C14H14ClN3O3. The van der Waals surface area contributed by atoms with Crippen molar-refractivity contribution >= 4 is 17.5 Å². The van der Waals surface area contributed by atoms with Crippen molar-refractivity contribution in [3.05, 3.63) is 22.7 Å². The number of nitriles is 2. The Morgan fingerprint density at radius 3 is 2.43 bits per heavy atom. The number of nitrogens with zero attached hydrogens (tertiary/aromatic N) is 3. The number of benzene rings is 1. The van der Waals surface area contributed by atoms with Gasteiger partial charge in [0.05, 0.1) is 30.9 Å². The van der Waals surface area contributed by atoms with Gasteiger partial charge in [-0.15, -0.1) is 0 Å². The molecule has 7 heteroatoms. The van der Waals surface area contributed by atoms with Gasteiger partial charge in [0.1, 0.15) is 13.1 Å². The van der Waals surface area contributed by atoms with Crippen molar-refractivity contribution in [3.8, 4) is 23.6 Å². The third-order valence-electron chi connectivity index (χ3n) is 2.58. The molecule has 0 saturated carbocycles. The number of rotatable bonds is 6. The van der Waals surface area contributed by atoms with Crippen LogP contribution in [0.2, 0.25) is 5.02 Å². The minimum absolute atomic E-state index is 0.181. The summed E-state index contributed by atoms with van der Waals surface area (Å²) in [7, 11) is 1.44. The molecule has 0 aliphatic heterocycles. The number of carbonyl (C=O) groups excluding carboxylic acids is 1. The van der Waals surface area contributed by atoms with Crippen LogP contribution >= 0.6 is 11.6 Å². The number of hydrogen-bond donors (Lipinski definition) is 0. The average molecular weight is 308 g/mol. The molecule has 1 aromatic rings. The lowest BCUT2D eigenvalue weighted by Crippen LogP contribution is -2.31. The van der Waals surface area contributed by atoms with E-state index in [4.69, 9.17) is 31.6 Å². The number of ether oxygens (including phenoxy) is 2. The van der Waals surface area contributed by atoms with Crippen LogP contribution in [0, 0.1) is 22.7 Å². The summed E-state index contributed by atoms with van der Waals surface area (Å²) in [5.74, 6) is 0.202. The van der Waals surface area contributed by atoms with Gasteiger partial charge in [-0.2, -0.15) is 10.5 Å². The Morgan fingerprint density at radius 2 is 1.95 bits per heavy atom. The molecule has 0 radical (unpaired) electrons. The first kappa shape index (κ1) is 16.6. The first-order valence-corrected chi connectivity index (χ1v) is 6.50. The van der Waals surface area contributed by atoms with E-state index in [0.29, 0.717) is 18.1 Å². The molecule has 0 heterocycles. The molecular weight excluding hydrogens is 294 g/mol. The van der Waals surface area contributed by atoms with Crippen molar-refractivity contribution in [2.24, 2.45) is 0 Å². The second-order valence-electron chi connectivity index (χ2n) is 3.90. The molecule has 0 spiro atoms. The lowest BCUT2D eigenvalue weighted by atomic mass is 10.1. The van der Waals surface area contributed by atoms with Gasteiger partial charge >= 0.3 is 0 Å². The maximum absolute atomic E-state index is 12.3. The highest BCUT2D eigenvalue weighted by atomic mass is 35.5. The molecule has 0 atom stereocenters. The fraction of sp³-hybridized carbons (Fsp3) is 0.357. The van der Waals surface area contributed by atoms with E-state index >= 15 is 0 Å². The van der Waals surface area contributed by atoms with Crippen LogP contribution in [0.25, 0.3) is 0 Å². The van der Waals surface area contributed by atoms with Gasteiger partial charge in [-0.05, 0) is 19.1 Å². The molecule has 1 amide bonds. The molecule has 0 aliphatic rings. The third-order valence-corrected chi connectivity index (χ3v) is 2.86. The zero-order valence-electron chi connectivity index (χ0n) is 11.7. The van der Waals surface area contributed by atoms with Crippen LogP contribution in [0.3, 0.4) is 0 Å². The molecule has 0 aromatic heterocycles. The van der Waals surface area contributed by atoms with Crippen LogP contribution in [0.15, 0.2) is 12.1 Å². The van der Waals surface area contributed by atoms with Crippen molar-refractivity contribution in [3.63, 3.8) is 0 Å². The highest BCUT2D eigenvalue weighted by molar-refractivity contribution is 6.32. The summed E-state index contributed by atoms with van der Waals surface area (Å²) in [6.45, 7) is 1.84. The Hall–Kier alpha value is -2.44. The minimum Gasteiger partial charge on any atom is -0.493 e. The number of carbonyl (C=O) groups is 1. The summed E-state index contributed by atoms with van der Waals surface area (Å²) >= 11 is 6.09. The monoisotopic (exact) mass is 307 g/mol. The summed E-state index contributed by atoms with van der Waals surface area (Å²) in [5.41, 5.74) is 0.228. The van der Waals surface area contributed by atoms with Gasteiger partial charge in [-0.25, -0.2) is 0 Å². The van der Waals surface area contributed by atoms with E-state index in [9.17, 15) is 4.79 Å². The number of amides is 1. The van der Waals surface area contributed by atoms with Crippen LogP contribution in [-0.2, 0) is 0 Å². The first-order chi connectivity index (χ1) is 10.1. The topological polar surface area (TPSA) is 86.4 Å². The van der Waals surface area contributed by atoms with E-state index in [2.05, 4.69) is 0 Å². The molecule has 1 rings (SSSR count). The van der Waals surface area contributed by atoms with Gasteiger partial charge < -0.3 is 14.4 Å². The Morgan fingerprint density at radius 1 is 1.33 bits per heavy atom. The van der Waals surface area contributed by atoms with E-state index < -0.39 is 5.91 Å². The third kappa shape index (κ3) is 4.01. The molecule has 0 aliphatic carbocycles. The predicted molar refractivity (Wildman–Crippen MR) is 76.3 cm³/mol. The summed E-state index contributed by atoms with van der Waals surface area (Å²) in [5, 5.41) is 17.6. The molecule has 0 bridgehead atoms. The molecule has 21 heavy (non-hydrogen) atoms. The molecule has 110 valence electrons. The van der Waals surface area contributed by atoms with Crippen LogP contribution in [0.5, 0.6) is 11.5 Å². The molecule has 1 aromatic carbocycles. The Labute approximate surface area is 128 Å². The van der Waals surface area contributed by atoms with Gasteiger partial charge in [-0.3, -0.25) is 4.79 Å². The maximum Gasteiger partial charge on any atom is 0.255 e. The van der Waals surface area contributed by atoms with E-state index in [0.717, 1.165) is 4.90 Å². The Bertz CT molecular complexity index is 589. The Kier molecular flexibility index (Phi) is 6.32. The van der Waals surface area contributed by atoms with E-state index in [-0.39, 0.29) is 23.7 Å². The minimum atomic E-state index is -0.471. The van der Waals surface area contributed by atoms with Crippen LogP contribution < -0.4 is 9.47 Å². The first-order valence-electron chi connectivity index (χ1n) is 6.12. The number of methoxy groups -OCH3 is 1. The fourth-order valence-electron chi connectivity index (χ4n) is 1.68. The second-order valence-corrected chi connectivity index (χ2v) is 4.31. The summed E-state index contributed by atoms with van der Waals surface area (Å²) in [6, 6.07) is 6.59. The highest BCUT2D eigenvalue weighted by Gasteiger charge is 2.20. The summed E-state index contributed by atoms with van der Waals surface area (Å²) in [4.78, 5) is 13.4. The van der Waals surface area contributed by atoms with Crippen molar-refractivity contribution in [2.75, 3.05) is 26.8 Å². The van der Waals surface area contributed by atoms with Gasteiger partial charge in [-0.1, -0.05) is 11.6 Å². The largest absolute Gasteiger partial charge is 0.493 e. The summed E-state index contributed by atoms with van der Waals surface area (Å²) < 4.78 is 10.5. The predicted octanol–water partition coefficient (Wildman–Crippen LogP) is 2.24. The molecule has 0 unspecified atom stereocenters. The average Bonchev–Trinajstić information content (AvgIpc) is 2.48. The van der Waals surface area contributed by atoms with Crippen molar-refractivity contribution in [1.82, 2.24) is 4.90 Å². The van der Waals surface area contributed by atoms with Gasteiger partial charge in [0.2, 0.25) is 0 Å². The highest BCUT2D eigenvalue weighted by Crippen LogP contribution is 2.36. The number of halogens is 1. The molecule has 0 saturated heterocycles. The second kappa shape index (κ2) is 7.98. The van der Waals surface area contributed by atoms with E-state index in [1.165, 1.54) is 19.2 Å². The molecule has 0 N–H and O–H groups in total. The normalized spacial score (nSPS) is 9.38. The fourth-order valence-corrected chi connectivity index (χ4v) is 1.95. The lowest BCUT2D eigenvalue weighted by Gasteiger charge is -2.18. The van der Waals surface area contributed by atoms with Gasteiger partial charge in [0.15, 0.2) is 11.5 Å². The number of hydrogen-bond acceptors (Lipinski definition) is 5. The zero-order chi connectivity index (χ0) is 15.8. The quantitative estimate of drug-likeness (QED) is 0.752.